The molecule has 8 heavy (non-hydrogen) atoms. The smallest absolute Gasteiger partial charge is 0.0196 e. The normalized spacial score (nSPS) is 41.4. The summed E-state index contributed by atoms with van der Waals surface area (Å²) in [4.78, 5) is 0. The van der Waals surface area contributed by atoms with E-state index >= 15 is 0 Å². The second kappa shape index (κ2) is 1.37. The second-order valence-electron chi connectivity index (χ2n) is 3.04. The predicted octanol–water partition coefficient (Wildman–Crippen LogP) is 2.36. The molecule has 2 rings (SSSR count). The Bertz CT molecular complexity index is 133. The second-order valence-corrected chi connectivity index (χ2v) is 3.04. The van der Waals surface area contributed by atoms with Gasteiger partial charge in [0.25, 0.3) is 0 Å². The molecule has 0 bridgehead atoms. The molecule has 0 aromatic rings. The summed E-state index contributed by atoms with van der Waals surface area (Å²) in [6, 6.07) is 0. The summed E-state index contributed by atoms with van der Waals surface area (Å²) in [6.07, 6.45) is 6.72. The summed E-state index contributed by atoms with van der Waals surface area (Å²) in [5, 5.41) is 0. The zero-order valence-electron chi connectivity index (χ0n) is 5.35. The van der Waals surface area contributed by atoms with E-state index in [1.807, 2.05) is 0 Å². The van der Waals surface area contributed by atoms with Crippen molar-refractivity contribution in [1.82, 2.24) is 0 Å². The summed E-state index contributed by atoms with van der Waals surface area (Å²) >= 11 is 0. The van der Waals surface area contributed by atoms with Crippen LogP contribution in [0.15, 0.2) is 11.6 Å². The molecule has 0 aromatic carbocycles. The van der Waals surface area contributed by atoms with Crippen molar-refractivity contribution in [3.63, 3.8) is 0 Å². The average Bonchev–Trinajstić information content (AvgIpc) is 2.40. The number of hydrogen-bond donors (Lipinski definition) is 0. The Morgan fingerprint density at radius 1 is 1.75 bits per heavy atom. The van der Waals surface area contributed by atoms with Crippen LogP contribution in [0, 0.1) is 11.8 Å². The minimum absolute atomic E-state index is 1.03. The standard InChI is InChI=1S/C8H12/c1-2-6-3-7-5-8(7)4-6/h3,7-8H,2,4-5H2,1H3. The SMILES string of the molecule is CCC1=CC2CC2C1. The molecule has 0 aliphatic heterocycles. The van der Waals surface area contributed by atoms with E-state index in [0.29, 0.717) is 0 Å². The Labute approximate surface area is 50.6 Å². The maximum Gasteiger partial charge on any atom is -0.0196 e. The van der Waals surface area contributed by atoms with Crippen molar-refractivity contribution in [2.75, 3.05) is 0 Å². The molecule has 0 nitrogen and oxygen atoms in total. The van der Waals surface area contributed by atoms with E-state index in [-0.39, 0.29) is 0 Å². The van der Waals surface area contributed by atoms with E-state index in [4.69, 9.17) is 0 Å². The fraction of sp³-hybridized carbons (Fsp3) is 0.750. The van der Waals surface area contributed by atoms with Gasteiger partial charge in [0.15, 0.2) is 0 Å². The molecular formula is C8H12. The first kappa shape index (κ1) is 4.60. The molecule has 0 N–H and O–H groups in total. The molecule has 0 spiro atoms. The minimum atomic E-state index is 1.03. The van der Waals surface area contributed by atoms with Crippen LogP contribution in [0.2, 0.25) is 0 Å². The lowest BCUT2D eigenvalue weighted by Crippen LogP contribution is -1.75. The molecule has 2 atom stereocenters. The van der Waals surface area contributed by atoms with Gasteiger partial charge in [-0.15, -0.1) is 0 Å². The number of fused-ring (bicyclic) bond motifs is 1. The van der Waals surface area contributed by atoms with Crippen molar-refractivity contribution >= 4 is 0 Å². The molecule has 1 fully saturated rings. The van der Waals surface area contributed by atoms with Crippen molar-refractivity contribution in [3.05, 3.63) is 11.6 Å². The third-order valence-electron chi connectivity index (χ3n) is 2.41. The average molecular weight is 108 g/mol. The summed E-state index contributed by atoms with van der Waals surface area (Å²) in [5.74, 6) is 2.13. The van der Waals surface area contributed by atoms with Crippen LogP contribution in [0.25, 0.3) is 0 Å². The van der Waals surface area contributed by atoms with E-state index in [1.165, 1.54) is 19.3 Å². The molecule has 2 unspecified atom stereocenters. The molecule has 0 amide bonds. The Morgan fingerprint density at radius 3 is 3.00 bits per heavy atom. The fourth-order valence-electron chi connectivity index (χ4n) is 1.68. The highest BCUT2D eigenvalue weighted by molar-refractivity contribution is 5.20. The van der Waals surface area contributed by atoms with Gasteiger partial charge in [0, 0.05) is 0 Å². The van der Waals surface area contributed by atoms with Gasteiger partial charge < -0.3 is 0 Å². The molecule has 2 aliphatic rings. The van der Waals surface area contributed by atoms with Gasteiger partial charge in [-0.05, 0) is 31.1 Å². The lowest BCUT2D eigenvalue weighted by Gasteiger charge is -1.93. The van der Waals surface area contributed by atoms with Crippen LogP contribution in [-0.4, -0.2) is 0 Å². The van der Waals surface area contributed by atoms with Crippen LogP contribution in [-0.2, 0) is 0 Å². The Balaban J connectivity index is 2.07. The quantitative estimate of drug-likeness (QED) is 0.452. The third-order valence-corrected chi connectivity index (χ3v) is 2.41. The predicted molar refractivity (Wildman–Crippen MR) is 34.6 cm³/mol. The first-order valence-electron chi connectivity index (χ1n) is 3.59. The van der Waals surface area contributed by atoms with Crippen molar-refractivity contribution < 1.29 is 0 Å². The van der Waals surface area contributed by atoms with Gasteiger partial charge in [-0.3, -0.25) is 0 Å². The first-order valence-corrected chi connectivity index (χ1v) is 3.59. The molecule has 0 aromatic heterocycles. The lowest BCUT2D eigenvalue weighted by atomic mass is 10.1. The zero-order chi connectivity index (χ0) is 5.56. The molecular weight excluding hydrogens is 96.1 g/mol. The topological polar surface area (TPSA) is 0 Å². The number of hydrogen-bond acceptors (Lipinski definition) is 0. The summed E-state index contributed by atoms with van der Waals surface area (Å²) in [6.45, 7) is 2.26. The van der Waals surface area contributed by atoms with Crippen molar-refractivity contribution in [1.29, 1.82) is 0 Å². The maximum absolute atomic E-state index is 2.49. The van der Waals surface area contributed by atoms with Crippen LogP contribution >= 0.6 is 0 Å². The van der Waals surface area contributed by atoms with Crippen molar-refractivity contribution in [2.45, 2.75) is 26.2 Å². The fourth-order valence-corrected chi connectivity index (χ4v) is 1.68. The van der Waals surface area contributed by atoms with Crippen LogP contribution in [0.3, 0.4) is 0 Å². The highest BCUT2D eigenvalue weighted by Gasteiger charge is 2.39. The molecule has 0 saturated heterocycles. The van der Waals surface area contributed by atoms with E-state index in [2.05, 4.69) is 13.0 Å². The lowest BCUT2D eigenvalue weighted by molar-refractivity contribution is 0.806. The van der Waals surface area contributed by atoms with Gasteiger partial charge in [0.1, 0.15) is 0 Å². The maximum atomic E-state index is 2.49. The van der Waals surface area contributed by atoms with Gasteiger partial charge >= 0.3 is 0 Å². The molecule has 44 valence electrons. The van der Waals surface area contributed by atoms with E-state index in [9.17, 15) is 0 Å². The van der Waals surface area contributed by atoms with Crippen LogP contribution in [0.5, 0.6) is 0 Å². The summed E-state index contributed by atoms with van der Waals surface area (Å²) in [7, 11) is 0. The summed E-state index contributed by atoms with van der Waals surface area (Å²) < 4.78 is 0. The van der Waals surface area contributed by atoms with E-state index in [0.717, 1.165) is 11.8 Å². The van der Waals surface area contributed by atoms with Gasteiger partial charge in [-0.25, -0.2) is 0 Å². The molecule has 0 radical (unpaired) electrons. The van der Waals surface area contributed by atoms with Gasteiger partial charge in [0.05, 0.1) is 0 Å². The Hall–Kier alpha value is -0.260. The molecule has 0 heterocycles. The Morgan fingerprint density at radius 2 is 2.62 bits per heavy atom. The van der Waals surface area contributed by atoms with Gasteiger partial charge in [0.2, 0.25) is 0 Å². The molecule has 2 aliphatic carbocycles. The van der Waals surface area contributed by atoms with Crippen LogP contribution in [0.1, 0.15) is 26.2 Å². The highest BCUT2D eigenvalue weighted by Crippen LogP contribution is 2.50. The highest BCUT2D eigenvalue weighted by atomic mass is 14.4. The molecule has 1 saturated carbocycles. The third kappa shape index (κ3) is 0.521. The van der Waals surface area contributed by atoms with E-state index in [1.54, 1.807) is 5.57 Å². The van der Waals surface area contributed by atoms with E-state index < -0.39 is 0 Å². The largest absolute Gasteiger partial charge is 0.0819 e. The number of rotatable bonds is 1. The van der Waals surface area contributed by atoms with Crippen LogP contribution in [0.4, 0.5) is 0 Å². The number of allylic oxidation sites excluding steroid dienone is 2. The van der Waals surface area contributed by atoms with Crippen LogP contribution < -0.4 is 0 Å². The van der Waals surface area contributed by atoms with Gasteiger partial charge in [-0.2, -0.15) is 0 Å². The van der Waals surface area contributed by atoms with Crippen molar-refractivity contribution in [3.8, 4) is 0 Å². The first-order chi connectivity index (χ1) is 3.90. The minimum Gasteiger partial charge on any atom is -0.0819 e. The van der Waals surface area contributed by atoms with Crippen molar-refractivity contribution in [2.24, 2.45) is 11.8 Å². The summed E-state index contributed by atoms with van der Waals surface area (Å²) in [5.41, 5.74) is 1.71. The molecule has 0 heteroatoms. The zero-order valence-corrected chi connectivity index (χ0v) is 5.35. The van der Waals surface area contributed by atoms with Gasteiger partial charge in [-0.1, -0.05) is 18.6 Å². The monoisotopic (exact) mass is 108 g/mol. The Kier molecular flexibility index (Phi) is 0.787.